The Bertz CT molecular complexity index is 680. The third-order valence-corrected chi connectivity index (χ3v) is 4.53. The zero-order valence-corrected chi connectivity index (χ0v) is 15.2. The topological polar surface area (TPSA) is 121 Å². The molecule has 2 rings (SSSR count). The third kappa shape index (κ3) is 4.89. The number of rotatable bonds is 8. The van der Waals surface area contributed by atoms with Gasteiger partial charge in [0, 0.05) is 26.4 Å². The molecule has 1 fully saturated rings. The smallest absolute Gasteiger partial charge is 0.275 e. The number of aromatic nitrogens is 2. The second kappa shape index (κ2) is 9.44. The van der Waals surface area contributed by atoms with E-state index in [4.69, 9.17) is 15.2 Å². The van der Waals surface area contributed by atoms with Crippen molar-refractivity contribution in [2.45, 2.75) is 50.7 Å². The van der Waals surface area contributed by atoms with Crippen LogP contribution in [0, 0.1) is 0 Å². The first-order valence-corrected chi connectivity index (χ1v) is 8.79. The van der Waals surface area contributed by atoms with E-state index in [0.29, 0.717) is 31.7 Å². The second-order valence-electron chi connectivity index (χ2n) is 6.34. The Hall–Kier alpha value is -2.26. The number of ether oxygens (including phenoxy) is 2. The van der Waals surface area contributed by atoms with Gasteiger partial charge in [-0.25, -0.2) is 4.98 Å². The highest BCUT2D eigenvalue weighted by Crippen LogP contribution is 2.31. The molecule has 1 aromatic rings. The van der Waals surface area contributed by atoms with Crippen LogP contribution < -0.4 is 16.6 Å². The third-order valence-electron chi connectivity index (χ3n) is 4.53. The lowest BCUT2D eigenvalue weighted by Crippen LogP contribution is -2.49. The molecule has 26 heavy (non-hydrogen) atoms. The van der Waals surface area contributed by atoms with E-state index in [0.717, 1.165) is 30.4 Å². The van der Waals surface area contributed by atoms with Crippen LogP contribution in [0.25, 0.3) is 0 Å². The van der Waals surface area contributed by atoms with Gasteiger partial charge in [-0.1, -0.05) is 25.7 Å². The Kier molecular flexibility index (Phi) is 7.28. The predicted molar refractivity (Wildman–Crippen MR) is 98.0 cm³/mol. The lowest BCUT2D eigenvalue weighted by molar-refractivity contribution is -0.152. The largest absolute Gasteiger partial charge is 0.383 e. The van der Waals surface area contributed by atoms with Crippen molar-refractivity contribution < 1.29 is 14.3 Å². The molecule has 1 saturated carbocycles. The summed E-state index contributed by atoms with van der Waals surface area (Å²) in [5, 5.41) is 6.38. The van der Waals surface area contributed by atoms with Crippen LogP contribution in [0.2, 0.25) is 0 Å². The number of hydrogen-bond acceptors (Lipinski definition) is 7. The lowest BCUT2D eigenvalue weighted by atomic mass is 9.93. The molecule has 1 aromatic heterocycles. The fraction of sp³-hybridized carbons (Fsp3) is 0.647. The van der Waals surface area contributed by atoms with E-state index in [2.05, 4.69) is 22.1 Å². The minimum Gasteiger partial charge on any atom is -0.383 e. The number of anilines is 1. The lowest BCUT2D eigenvalue weighted by Gasteiger charge is -2.31. The number of methoxy groups -OCH3 is 1. The summed E-state index contributed by atoms with van der Waals surface area (Å²) in [6, 6.07) is 1.29. The average molecular weight is 365 g/mol. The summed E-state index contributed by atoms with van der Waals surface area (Å²) in [5.41, 5.74) is 4.71. The molecular weight excluding hydrogens is 338 g/mol. The van der Waals surface area contributed by atoms with Crippen molar-refractivity contribution in [1.29, 1.82) is 0 Å². The van der Waals surface area contributed by atoms with E-state index >= 15 is 0 Å². The molecule has 1 aliphatic rings. The van der Waals surface area contributed by atoms with Crippen molar-refractivity contribution in [2.24, 2.45) is 5.10 Å². The van der Waals surface area contributed by atoms with Crippen LogP contribution in [0.15, 0.2) is 16.0 Å². The van der Waals surface area contributed by atoms with E-state index in [-0.39, 0.29) is 18.5 Å². The Balaban J connectivity index is 2.15. The van der Waals surface area contributed by atoms with E-state index in [1.165, 1.54) is 6.07 Å². The number of carbonyl (C=O) groups excluding carboxylic acids is 1. The first-order chi connectivity index (χ1) is 12.5. The standard InChI is InChI=1S/C17H27N5O4/c1-19-22-14(23)11-13(21-16(22)18)12-26-17(7-5-3-4-6-8-17)15(24)20-9-10-25-2/h11H,1,3-10,12H2,2H3,(H2,18,21)(H,20,24). The predicted octanol–water partition coefficient (Wildman–Crippen LogP) is 0.661. The van der Waals surface area contributed by atoms with Crippen LogP contribution in [0.1, 0.15) is 44.2 Å². The molecule has 1 amide bonds. The number of nitrogens with zero attached hydrogens (tertiary/aromatic N) is 3. The van der Waals surface area contributed by atoms with Crippen molar-refractivity contribution in [3.8, 4) is 0 Å². The SMILES string of the molecule is C=Nn1c(N)nc(COC2(C(=O)NCCOC)CCCCCC2)cc1=O. The maximum absolute atomic E-state index is 12.8. The molecule has 144 valence electrons. The Labute approximate surface area is 152 Å². The highest BCUT2D eigenvalue weighted by atomic mass is 16.5. The second-order valence-corrected chi connectivity index (χ2v) is 6.34. The Morgan fingerprint density at radius 2 is 2.12 bits per heavy atom. The first-order valence-electron chi connectivity index (χ1n) is 8.79. The molecule has 0 spiro atoms. The van der Waals surface area contributed by atoms with Gasteiger partial charge in [-0.15, -0.1) is 0 Å². The zero-order chi connectivity index (χ0) is 19.0. The van der Waals surface area contributed by atoms with E-state index in [9.17, 15) is 9.59 Å². The summed E-state index contributed by atoms with van der Waals surface area (Å²) in [6.07, 6.45) is 5.23. The summed E-state index contributed by atoms with van der Waals surface area (Å²) in [6.45, 7) is 4.16. The summed E-state index contributed by atoms with van der Waals surface area (Å²) in [5.74, 6) is -0.212. The average Bonchev–Trinajstić information content (AvgIpc) is 2.86. The molecule has 0 saturated heterocycles. The highest BCUT2D eigenvalue weighted by molar-refractivity contribution is 5.85. The zero-order valence-electron chi connectivity index (χ0n) is 15.2. The molecule has 1 aliphatic carbocycles. The molecule has 0 aliphatic heterocycles. The van der Waals surface area contributed by atoms with E-state index in [1.54, 1.807) is 7.11 Å². The van der Waals surface area contributed by atoms with E-state index in [1.807, 2.05) is 0 Å². The quantitative estimate of drug-likeness (QED) is 0.397. The Morgan fingerprint density at radius 1 is 1.42 bits per heavy atom. The minimum absolute atomic E-state index is 0.0229. The van der Waals surface area contributed by atoms with Crippen LogP contribution in [0.3, 0.4) is 0 Å². The van der Waals surface area contributed by atoms with Gasteiger partial charge in [-0.2, -0.15) is 9.78 Å². The van der Waals surface area contributed by atoms with Crippen LogP contribution in [0.5, 0.6) is 0 Å². The molecule has 3 N–H and O–H groups in total. The van der Waals surface area contributed by atoms with Crippen molar-refractivity contribution in [1.82, 2.24) is 15.0 Å². The van der Waals surface area contributed by atoms with Gasteiger partial charge in [-0.05, 0) is 12.8 Å². The first kappa shape index (κ1) is 20.1. The number of nitrogens with one attached hydrogen (secondary N) is 1. The molecule has 9 nitrogen and oxygen atoms in total. The molecule has 0 unspecified atom stereocenters. The molecule has 1 heterocycles. The summed E-state index contributed by atoms with van der Waals surface area (Å²) in [7, 11) is 1.58. The van der Waals surface area contributed by atoms with Gasteiger partial charge in [0.05, 0.1) is 18.9 Å². The number of nitrogens with two attached hydrogens (primary N) is 1. The molecule has 0 bridgehead atoms. The fourth-order valence-electron chi connectivity index (χ4n) is 3.14. The van der Waals surface area contributed by atoms with Crippen LogP contribution in [-0.2, 0) is 20.9 Å². The van der Waals surface area contributed by atoms with Gasteiger partial charge in [0.15, 0.2) is 0 Å². The van der Waals surface area contributed by atoms with Crippen molar-refractivity contribution in [3.05, 3.63) is 22.1 Å². The van der Waals surface area contributed by atoms with Crippen molar-refractivity contribution in [3.63, 3.8) is 0 Å². The molecule has 9 heteroatoms. The number of nitrogen functional groups attached to an aromatic ring is 1. The van der Waals surface area contributed by atoms with Crippen LogP contribution in [-0.4, -0.2) is 48.1 Å². The van der Waals surface area contributed by atoms with E-state index < -0.39 is 11.2 Å². The highest BCUT2D eigenvalue weighted by Gasteiger charge is 2.39. The number of carbonyl (C=O) groups is 1. The van der Waals surface area contributed by atoms with Gasteiger partial charge in [-0.3, -0.25) is 9.59 Å². The van der Waals surface area contributed by atoms with Gasteiger partial charge in [0.1, 0.15) is 5.60 Å². The normalized spacial score (nSPS) is 16.7. The molecule has 0 aromatic carbocycles. The van der Waals surface area contributed by atoms with Gasteiger partial charge in [0.25, 0.3) is 11.5 Å². The molecular formula is C17H27N5O4. The monoisotopic (exact) mass is 365 g/mol. The summed E-state index contributed by atoms with van der Waals surface area (Å²) < 4.78 is 11.9. The fourth-order valence-corrected chi connectivity index (χ4v) is 3.14. The van der Waals surface area contributed by atoms with Crippen LogP contribution >= 0.6 is 0 Å². The van der Waals surface area contributed by atoms with Gasteiger partial charge < -0.3 is 20.5 Å². The maximum atomic E-state index is 12.8. The summed E-state index contributed by atoms with van der Waals surface area (Å²) in [4.78, 5) is 28.8. The van der Waals surface area contributed by atoms with Crippen LogP contribution in [0.4, 0.5) is 5.95 Å². The molecule has 0 radical (unpaired) electrons. The summed E-state index contributed by atoms with van der Waals surface area (Å²) >= 11 is 0. The number of hydrogen-bond donors (Lipinski definition) is 2. The number of amides is 1. The van der Waals surface area contributed by atoms with Gasteiger partial charge in [0.2, 0.25) is 5.95 Å². The Morgan fingerprint density at radius 3 is 2.69 bits per heavy atom. The van der Waals surface area contributed by atoms with Crippen molar-refractivity contribution in [2.75, 3.05) is 26.0 Å². The maximum Gasteiger partial charge on any atom is 0.275 e. The van der Waals surface area contributed by atoms with Gasteiger partial charge >= 0.3 is 0 Å². The minimum atomic E-state index is -0.924. The van der Waals surface area contributed by atoms with Crippen molar-refractivity contribution >= 4 is 18.6 Å². The molecule has 0 atom stereocenters.